The van der Waals surface area contributed by atoms with E-state index in [1.54, 1.807) is 12.1 Å². The van der Waals surface area contributed by atoms with Crippen LogP contribution in [0.25, 0.3) is 0 Å². The summed E-state index contributed by atoms with van der Waals surface area (Å²) in [5.74, 6) is -0.669. The van der Waals surface area contributed by atoms with E-state index in [0.29, 0.717) is 12.1 Å². The third kappa shape index (κ3) is 6.90. The summed E-state index contributed by atoms with van der Waals surface area (Å²) in [7, 11) is 0. The summed E-state index contributed by atoms with van der Waals surface area (Å²) in [6.45, 7) is 1.70. The molecule has 3 aromatic carbocycles. The van der Waals surface area contributed by atoms with E-state index in [2.05, 4.69) is 10.6 Å². The average Bonchev–Trinajstić information content (AvgIpc) is 3.27. The number of likely N-dealkylation sites (tertiary alicyclic amines) is 1. The number of anilines is 2. The molecule has 0 unspecified atom stereocenters. The molecule has 2 aliphatic heterocycles. The predicted octanol–water partition coefficient (Wildman–Crippen LogP) is 6.27. The van der Waals surface area contributed by atoms with Gasteiger partial charge in [0.15, 0.2) is 0 Å². The Bertz CT molecular complexity index is 1540. The SMILES string of the molecule is C[C@@H](NC(=O)CN1CN(c2ccccc2)C2(CCN(C(=O)Nc3cc(C(F)(F)F)cc(C(F)(F)F)c3)CC2)C1=O)c1ccccc1. The summed E-state index contributed by atoms with van der Waals surface area (Å²) in [5.41, 5.74) is -3.25. The van der Waals surface area contributed by atoms with Gasteiger partial charge in [-0.25, -0.2) is 4.79 Å². The van der Waals surface area contributed by atoms with E-state index in [-0.39, 0.29) is 63.1 Å². The molecule has 3 aromatic rings. The molecule has 0 aromatic heterocycles. The third-order valence-electron chi connectivity index (χ3n) is 8.31. The van der Waals surface area contributed by atoms with E-state index in [1.807, 2.05) is 60.4 Å². The Morgan fingerprint density at radius 1 is 0.848 bits per heavy atom. The minimum absolute atomic E-state index is 0.0154. The normalized spacial score (nSPS) is 17.3. The fraction of sp³-hybridized carbons (Fsp3) is 0.344. The number of halogens is 6. The van der Waals surface area contributed by atoms with Crippen LogP contribution in [-0.2, 0) is 21.9 Å². The van der Waals surface area contributed by atoms with Gasteiger partial charge >= 0.3 is 18.4 Å². The molecule has 0 bridgehead atoms. The fourth-order valence-electron chi connectivity index (χ4n) is 5.92. The first-order valence-electron chi connectivity index (χ1n) is 14.5. The summed E-state index contributed by atoms with van der Waals surface area (Å²) in [5, 5.41) is 5.07. The van der Waals surface area contributed by atoms with Crippen molar-refractivity contribution in [3.05, 3.63) is 95.6 Å². The number of amides is 4. The molecule has 0 saturated carbocycles. The number of urea groups is 1. The number of nitrogens with one attached hydrogen (secondary N) is 2. The molecule has 4 amide bonds. The first-order valence-corrected chi connectivity index (χ1v) is 14.5. The van der Waals surface area contributed by atoms with E-state index in [4.69, 9.17) is 0 Å². The van der Waals surface area contributed by atoms with Gasteiger partial charge in [0.1, 0.15) is 12.1 Å². The van der Waals surface area contributed by atoms with Crippen molar-refractivity contribution in [2.45, 2.75) is 43.7 Å². The highest BCUT2D eigenvalue weighted by molar-refractivity contribution is 5.97. The Morgan fingerprint density at radius 2 is 1.39 bits per heavy atom. The zero-order valence-corrected chi connectivity index (χ0v) is 24.7. The number of hydrogen-bond acceptors (Lipinski definition) is 4. The minimum atomic E-state index is -5.07. The van der Waals surface area contributed by atoms with Crippen molar-refractivity contribution < 1.29 is 40.7 Å². The topological polar surface area (TPSA) is 85.0 Å². The van der Waals surface area contributed by atoms with Gasteiger partial charge in [-0.05, 0) is 55.7 Å². The lowest BCUT2D eigenvalue weighted by atomic mass is 9.85. The fourth-order valence-corrected chi connectivity index (χ4v) is 5.92. The Balaban J connectivity index is 1.31. The molecule has 14 heteroatoms. The van der Waals surface area contributed by atoms with Gasteiger partial charge in [0.2, 0.25) is 5.91 Å². The van der Waals surface area contributed by atoms with E-state index in [9.17, 15) is 40.7 Å². The maximum absolute atomic E-state index is 14.0. The highest BCUT2D eigenvalue weighted by Crippen LogP contribution is 2.40. The van der Waals surface area contributed by atoms with Crippen LogP contribution < -0.4 is 15.5 Å². The van der Waals surface area contributed by atoms with Crippen LogP contribution in [0.3, 0.4) is 0 Å². The summed E-state index contributed by atoms with van der Waals surface area (Å²) in [6, 6.07) is 18.1. The van der Waals surface area contributed by atoms with Crippen LogP contribution >= 0.6 is 0 Å². The Hall–Kier alpha value is -4.75. The van der Waals surface area contributed by atoms with Crippen molar-refractivity contribution in [3.63, 3.8) is 0 Å². The lowest BCUT2D eigenvalue weighted by Gasteiger charge is -2.43. The quantitative estimate of drug-likeness (QED) is 0.309. The predicted molar refractivity (Wildman–Crippen MR) is 158 cm³/mol. The van der Waals surface area contributed by atoms with Gasteiger partial charge in [-0.3, -0.25) is 9.59 Å². The second-order valence-corrected chi connectivity index (χ2v) is 11.4. The van der Waals surface area contributed by atoms with Gasteiger partial charge in [0, 0.05) is 24.5 Å². The first-order chi connectivity index (χ1) is 21.7. The van der Waals surface area contributed by atoms with E-state index in [0.717, 1.165) is 11.3 Å². The number of para-hydroxylation sites is 1. The molecule has 5 rings (SSSR count). The largest absolute Gasteiger partial charge is 0.416 e. The van der Waals surface area contributed by atoms with Crippen LogP contribution in [0.1, 0.15) is 42.5 Å². The van der Waals surface area contributed by atoms with Crippen LogP contribution in [-0.4, -0.2) is 59.5 Å². The molecule has 2 heterocycles. The second-order valence-electron chi connectivity index (χ2n) is 11.4. The van der Waals surface area contributed by atoms with E-state index >= 15 is 0 Å². The molecule has 8 nitrogen and oxygen atoms in total. The lowest BCUT2D eigenvalue weighted by Crippen LogP contribution is -2.58. The summed E-state index contributed by atoms with van der Waals surface area (Å²) < 4.78 is 79.8. The molecule has 2 N–H and O–H groups in total. The van der Waals surface area contributed by atoms with Crippen LogP contribution in [0.4, 0.5) is 42.5 Å². The summed E-state index contributed by atoms with van der Waals surface area (Å²) >= 11 is 0. The van der Waals surface area contributed by atoms with Crippen LogP contribution in [0.5, 0.6) is 0 Å². The van der Waals surface area contributed by atoms with Crippen molar-refractivity contribution in [2.75, 3.05) is 36.5 Å². The van der Waals surface area contributed by atoms with Gasteiger partial charge < -0.3 is 25.3 Å². The molecule has 1 spiro atoms. The van der Waals surface area contributed by atoms with Crippen LogP contribution in [0.15, 0.2) is 78.9 Å². The first kappa shape index (κ1) is 32.6. The zero-order valence-electron chi connectivity index (χ0n) is 24.7. The lowest BCUT2D eigenvalue weighted by molar-refractivity contribution is -0.143. The monoisotopic (exact) mass is 647 g/mol. The van der Waals surface area contributed by atoms with Crippen molar-refractivity contribution in [1.29, 1.82) is 0 Å². The van der Waals surface area contributed by atoms with Crippen molar-refractivity contribution in [1.82, 2.24) is 15.1 Å². The standard InChI is InChI=1S/C32H31F6N5O3/c1-21(22-8-4-2-5-9-22)39-27(44)19-42-20-43(26-10-6-3-7-11-26)30(28(42)45)12-14-41(15-13-30)29(46)40-25-17-23(31(33,34)35)16-24(18-25)32(36,37)38/h2-11,16-18,21H,12-15,19-20H2,1H3,(H,39,44)(H,40,46)/t21-/m1/s1. The van der Waals surface area contributed by atoms with Gasteiger partial charge in [-0.2, -0.15) is 26.3 Å². The minimum Gasteiger partial charge on any atom is -0.348 e. The van der Waals surface area contributed by atoms with Crippen LogP contribution in [0.2, 0.25) is 0 Å². The number of nitrogens with zero attached hydrogens (tertiary/aromatic N) is 3. The number of rotatable bonds is 6. The van der Waals surface area contributed by atoms with Gasteiger partial charge in [-0.15, -0.1) is 0 Å². The average molecular weight is 648 g/mol. The molecule has 244 valence electrons. The molecule has 46 heavy (non-hydrogen) atoms. The highest BCUT2D eigenvalue weighted by atomic mass is 19.4. The number of hydrogen-bond donors (Lipinski definition) is 2. The molecule has 1 atom stereocenters. The summed E-state index contributed by atoms with van der Waals surface area (Å²) in [4.78, 5) is 44.6. The van der Waals surface area contributed by atoms with Crippen molar-refractivity contribution in [3.8, 4) is 0 Å². The van der Waals surface area contributed by atoms with Gasteiger partial charge in [-0.1, -0.05) is 48.5 Å². The van der Waals surface area contributed by atoms with E-state index < -0.39 is 40.7 Å². The Morgan fingerprint density at radius 3 is 1.93 bits per heavy atom. The highest BCUT2D eigenvalue weighted by Gasteiger charge is 2.54. The molecule has 0 radical (unpaired) electrons. The smallest absolute Gasteiger partial charge is 0.348 e. The maximum Gasteiger partial charge on any atom is 0.416 e. The maximum atomic E-state index is 14.0. The zero-order chi connectivity index (χ0) is 33.3. The van der Waals surface area contributed by atoms with Gasteiger partial charge in [0.25, 0.3) is 5.91 Å². The van der Waals surface area contributed by atoms with Crippen LogP contribution in [0, 0.1) is 0 Å². The molecule has 2 saturated heterocycles. The van der Waals surface area contributed by atoms with Crippen molar-refractivity contribution >= 4 is 29.2 Å². The molecule has 2 fully saturated rings. The Labute approximate surface area is 261 Å². The van der Waals surface area contributed by atoms with Gasteiger partial charge in [0.05, 0.1) is 23.8 Å². The van der Waals surface area contributed by atoms with Crippen molar-refractivity contribution in [2.24, 2.45) is 0 Å². The third-order valence-corrected chi connectivity index (χ3v) is 8.31. The molecular weight excluding hydrogens is 616 g/mol. The molecule has 2 aliphatic rings. The number of carbonyl (C=O) groups excluding carboxylic acids is 3. The summed E-state index contributed by atoms with van der Waals surface area (Å²) in [6.07, 6.45) is -9.90. The number of piperidine rings is 1. The van der Waals surface area contributed by atoms with E-state index in [1.165, 1.54) is 9.80 Å². The molecular formula is C32H31F6N5O3. The molecule has 0 aliphatic carbocycles. The second kappa shape index (κ2) is 12.6. The Kier molecular flexibility index (Phi) is 8.91. The number of benzene rings is 3. The number of alkyl halides is 6. The number of carbonyl (C=O) groups is 3.